The van der Waals surface area contributed by atoms with Crippen molar-refractivity contribution in [3.05, 3.63) is 84.2 Å². The number of benzene rings is 2. The zero-order valence-electron chi connectivity index (χ0n) is 13.4. The monoisotopic (exact) mass is 357 g/mol. The Hall–Kier alpha value is -3.35. The Kier molecular flexibility index (Phi) is 4.88. The number of para-hydroxylation sites is 1. The molecule has 1 amide bonds. The molecule has 3 aromatic rings. The highest BCUT2D eigenvalue weighted by Crippen LogP contribution is 2.30. The van der Waals surface area contributed by atoms with Crippen LogP contribution in [-0.2, 0) is 6.18 Å². The first-order valence-electron chi connectivity index (χ1n) is 7.68. The normalized spacial score (nSPS) is 11.0. The molecule has 0 saturated heterocycles. The van der Waals surface area contributed by atoms with Crippen LogP contribution < -0.4 is 10.6 Å². The molecule has 2 aromatic carbocycles. The fraction of sp³-hybridized carbons (Fsp3) is 0.0526. The van der Waals surface area contributed by atoms with E-state index in [0.717, 1.165) is 17.8 Å². The molecule has 0 bridgehead atoms. The summed E-state index contributed by atoms with van der Waals surface area (Å²) in [6.07, 6.45) is -2.99. The van der Waals surface area contributed by atoms with Crippen molar-refractivity contribution in [1.82, 2.24) is 4.98 Å². The van der Waals surface area contributed by atoms with E-state index in [9.17, 15) is 18.0 Å². The van der Waals surface area contributed by atoms with Crippen LogP contribution in [0.25, 0.3) is 0 Å². The Morgan fingerprint density at radius 3 is 2.23 bits per heavy atom. The lowest BCUT2D eigenvalue weighted by Crippen LogP contribution is -2.14. The maximum absolute atomic E-state index is 12.7. The summed E-state index contributed by atoms with van der Waals surface area (Å²) >= 11 is 0. The first-order chi connectivity index (χ1) is 12.4. The van der Waals surface area contributed by atoms with Crippen molar-refractivity contribution in [1.29, 1.82) is 0 Å². The number of aromatic nitrogens is 1. The number of rotatable bonds is 4. The topological polar surface area (TPSA) is 54.0 Å². The van der Waals surface area contributed by atoms with E-state index in [1.807, 2.05) is 30.3 Å². The van der Waals surface area contributed by atoms with Gasteiger partial charge in [-0.3, -0.25) is 4.79 Å². The first-order valence-corrected chi connectivity index (χ1v) is 7.68. The van der Waals surface area contributed by atoms with Gasteiger partial charge in [0.1, 0.15) is 5.69 Å². The molecule has 2 N–H and O–H groups in total. The number of pyridine rings is 1. The van der Waals surface area contributed by atoms with Crippen LogP contribution in [0.3, 0.4) is 0 Å². The average Bonchev–Trinajstić information content (AvgIpc) is 2.63. The minimum atomic E-state index is -4.47. The van der Waals surface area contributed by atoms with Crippen LogP contribution in [0.2, 0.25) is 0 Å². The lowest BCUT2D eigenvalue weighted by Gasteiger charge is -2.10. The summed E-state index contributed by atoms with van der Waals surface area (Å²) in [5.74, 6) is -0.587. The van der Waals surface area contributed by atoms with Crippen LogP contribution in [-0.4, -0.2) is 10.9 Å². The van der Waals surface area contributed by atoms with Crippen LogP contribution in [0.15, 0.2) is 72.9 Å². The highest BCUT2D eigenvalue weighted by atomic mass is 19.4. The molecule has 0 atom stereocenters. The summed E-state index contributed by atoms with van der Waals surface area (Å²) in [7, 11) is 0. The zero-order valence-corrected chi connectivity index (χ0v) is 13.4. The van der Waals surface area contributed by atoms with Gasteiger partial charge in [-0.15, -0.1) is 0 Å². The van der Waals surface area contributed by atoms with Gasteiger partial charge in [-0.2, -0.15) is 13.2 Å². The second kappa shape index (κ2) is 7.26. The molecule has 1 aromatic heterocycles. The second-order valence-corrected chi connectivity index (χ2v) is 5.46. The van der Waals surface area contributed by atoms with E-state index in [1.54, 1.807) is 6.07 Å². The number of anilines is 3. The molecule has 1 heterocycles. The van der Waals surface area contributed by atoms with Crippen molar-refractivity contribution in [2.24, 2.45) is 0 Å². The number of nitrogens with zero attached hydrogens (tertiary/aromatic N) is 1. The van der Waals surface area contributed by atoms with Crippen molar-refractivity contribution in [2.45, 2.75) is 6.18 Å². The zero-order chi connectivity index (χ0) is 18.6. The van der Waals surface area contributed by atoms with E-state index in [2.05, 4.69) is 15.6 Å². The molecular weight excluding hydrogens is 343 g/mol. The quantitative estimate of drug-likeness (QED) is 0.683. The number of alkyl halides is 3. The Morgan fingerprint density at radius 2 is 1.58 bits per heavy atom. The lowest BCUT2D eigenvalue weighted by atomic mass is 10.2. The molecule has 0 unspecified atom stereocenters. The van der Waals surface area contributed by atoms with Gasteiger partial charge in [-0.1, -0.05) is 24.3 Å². The summed E-state index contributed by atoms with van der Waals surface area (Å²) in [5.41, 5.74) is 0.882. The Bertz CT molecular complexity index is 894. The SMILES string of the molecule is O=C(Nc1cccc(C(F)(F)F)c1)c1ccc(Nc2ccccc2)cn1. The van der Waals surface area contributed by atoms with E-state index in [1.165, 1.54) is 24.4 Å². The predicted molar refractivity (Wildman–Crippen MR) is 93.4 cm³/mol. The standard InChI is InChI=1S/C19H14F3N3O/c20-19(21,22)13-5-4-8-15(11-13)25-18(26)17-10-9-16(12-23-17)24-14-6-2-1-3-7-14/h1-12,24H,(H,25,26). The van der Waals surface area contributed by atoms with Gasteiger partial charge < -0.3 is 10.6 Å². The third kappa shape index (κ3) is 4.38. The number of hydrogen-bond donors (Lipinski definition) is 2. The molecule has 0 aliphatic heterocycles. The Balaban J connectivity index is 1.69. The van der Waals surface area contributed by atoms with Crippen LogP contribution in [0, 0.1) is 0 Å². The molecular formula is C19H14F3N3O. The second-order valence-electron chi connectivity index (χ2n) is 5.46. The summed E-state index contributed by atoms with van der Waals surface area (Å²) in [4.78, 5) is 16.2. The van der Waals surface area contributed by atoms with Gasteiger partial charge in [0.15, 0.2) is 0 Å². The fourth-order valence-electron chi connectivity index (χ4n) is 2.26. The molecule has 4 nitrogen and oxygen atoms in total. The summed E-state index contributed by atoms with van der Waals surface area (Å²) in [6, 6.07) is 17.0. The van der Waals surface area contributed by atoms with E-state index < -0.39 is 17.6 Å². The van der Waals surface area contributed by atoms with E-state index >= 15 is 0 Å². The van der Waals surface area contributed by atoms with E-state index in [-0.39, 0.29) is 11.4 Å². The molecule has 3 rings (SSSR count). The van der Waals surface area contributed by atoms with Gasteiger partial charge in [-0.05, 0) is 42.5 Å². The van der Waals surface area contributed by atoms with Crippen LogP contribution in [0.1, 0.15) is 16.1 Å². The Labute approximate surface area is 147 Å². The molecule has 0 aliphatic rings. The van der Waals surface area contributed by atoms with Gasteiger partial charge >= 0.3 is 6.18 Å². The molecule has 0 saturated carbocycles. The molecule has 0 spiro atoms. The average molecular weight is 357 g/mol. The lowest BCUT2D eigenvalue weighted by molar-refractivity contribution is -0.137. The molecule has 0 aliphatic carbocycles. The van der Waals surface area contributed by atoms with Gasteiger partial charge in [0, 0.05) is 11.4 Å². The maximum atomic E-state index is 12.7. The summed E-state index contributed by atoms with van der Waals surface area (Å²) < 4.78 is 38.2. The molecule has 0 radical (unpaired) electrons. The minimum absolute atomic E-state index is 0.0538. The van der Waals surface area contributed by atoms with Gasteiger partial charge in [-0.25, -0.2) is 4.98 Å². The smallest absolute Gasteiger partial charge is 0.354 e. The maximum Gasteiger partial charge on any atom is 0.416 e. The number of hydrogen-bond acceptors (Lipinski definition) is 3. The number of carbonyl (C=O) groups excluding carboxylic acids is 1. The van der Waals surface area contributed by atoms with E-state index in [4.69, 9.17) is 0 Å². The first kappa shape index (κ1) is 17.5. The number of amides is 1. The van der Waals surface area contributed by atoms with Crippen molar-refractivity contribution in [3.8, 4) is 0 Å². The number of nitrogens with one attached hydrogen (secondary N) is 2. The largest absolute Gasteiger partial charge is 0.416 e. The van der Waals surface area contributed by atoms with Crippen LogP contribution >= 0.6 is 0 Å². The van der Waals surface area contributed by atoms with E-state index in [0.29, 0.717) is 5.69 Å². The summed E-state index contributed by atoms with van der Waals surface area (Å²) in [6.45, 7) is 0. The fourth-order valence-corrected chi connectivity index (χ4v) is 2.26. The van der Waals surface area contributed by atoms with Crippen molar-refractivity contribution in [2.75, 3.05) is 10.6 Å². The van der Waals surface area contributed by atoms with Crippen molar-refractivity contribution in [3.63, 3.8) is 0 Å². The van der Waals surface area contributed by atoms with Gasteiger partial charge in [0.05, 0.1) is 17.4 Å². The third-order valence-corrected chi connectivity index (χ3v) is 3.51. The van der Waals surface area contributed by atoms with Gasteiger partial charge in [0.2, 0.25) is 0 Å². The van der Waals surface area contributed by atoms with Crippen molar-refractivity contribution < 1.29 is 18.0 Å². The van der Waals surface area contributed by atoms with Crippen LogP contribution in [0.4, 0.5) is 30.2 Å². The van der Waals surface area contributed by atoms with Gasteiger partial charge in [0.25, 0.3) is 5.91 Å². The molecule has 132 valence electrons. The molecule has 0 fully saturated rings. The molecule has 7 heteroatoms. The minimum Gasteiger partial charge on any atom is -0.354 e. The highest BCUT2D eigenvalue weighted by molar-refractivity contribution is 6.03. The predicted octanol–water partition coefficient (Wildman–Crippen LogP) is 5.10. The number of halogens is 3. The molecule has 26 heavy (non-hydrogen) atoms. The summed E-state index contributed by atoms with van der Waals surface area (Å²) in [5, 5.41) is 5.54. The number of carbonyl (C=O) groups is 1. The Morgan fingerprint density at radius 1 is 0.846 bits per heavy atom. The highest BCUT2D eigenvalue weighted by Gasteiger charge is 2.30. The van der Waals surface area contributed by atoms with Crippen molar-refractivity contribution >= 4 is 23.0 Å². The van der Waals surface area contributed by atoms with Crippen LogP contribution in [0.5, 0.6) is 0 Å². The third-order valence-electron chi connectivity index (χ3n) is 3.51.